The summed E-state index contributed by atoms with van der Waals surface area (Å²) in [6.07, 6.45) is 5.08. The number of anilines is 2. The van der Waals surface area contributed by atoms with Crippen molar-refractivity contribution in [2.24, 2.45) is 5.41 Å². The van der Waals surface area contributed by atoms with Crippen LogP contribution in [0.3, 0.4) is 0 Å². The van der Waals surface area contributed by atoms with Crippen LogP contribution in [0.15, 0.2) is 77.9 Å². The third kappa shape index (κ3) is 7.49. The third-order valence-electron chi connectivity index (χ3n) is 8.08. The van der Waals surface area contributed by atoms with Crippen LogP contribution in [0.2, 0.25) is 0 Å². The number of fused-ring (bicyclic) bond motifs is 2. The van der Waals surface area contributed by atoms with Gasteiger partial charge in [0.25, 0.3) is 5.56 Å². The monoisotopic (exact) mass is 653 g/mol. The van der Waals surface area contributed by atoms with Crippen molar-refractivity contribution in [3.05, 3.63) is 94.7 Å². The normalized spacial score (nSPS) is 14.0. The molecule has 0 atom stereocenters. The molecule has 240 valence electrons. The highest BCUT2D eigenvalue weighted by Gasteiger charge is 2.45. The fourth-order valence-corrected chi connectivity index (χ4v) is 5.57. The molecule has 11 heteroatoms. The van der Waals surface area contributed by atoms with Gasteiger partial charge in [-0.1, -0.05) is 24.3 Å². The van der Waals surface area contributed by atoms with Crippen molar-refractivity contribution in [3.63, 3.8) is 0 Å². The predicted octanol–water partition coefficient (Wildman–Crippen LogP) is 5.40. The Kier molecular flexibility index (Phi) is 12.2. The lowest BCUT2D eigenvalue weighted by atomic mass is 9.90. The maximum absolute atomic E-state index is 13.1. The van der Waals surface area contributed by atoms with Crippen LogP contribution in [0, 0.1) is 5.41 Å². The highest BCUT2D eigenvalue weighted by molar-refractivity contribution is 6.20. The summed E-state index contributed by atoms with van der Waals surface area (Å²) in [6, 6.07) is 19.1. The number of halogens is 2. The predicted molar refractivity (Wildman–Crippen MR) is 184 cm³/mol. The van der Waals surface area contributed by atoms with E-state index >= 15 is 0 Å². The Hall–Kier alpha value is -3.92. The fraction of sp³-hybridized carbons (Fsp3) is 0.353. The van der Waals surface area contributed by atoms with Gasteiger partial charge in [0.2, 0.25) is 11.8 Å². The number of nitrogens with one attached hydrogen (secondary N) is 1. The van der Waals surface area contributed by atoms with Gasteiger partial charge in [-0.3, -0.25) is 19.4 Å². The van der Waals surface area contributed by atoms with Gasteiger partial charge in [0.05, 0.1) is 18.0 Å². The summed E-state index contributed by atoms with van der Waals surface area (Å²) in [7, 11) is 1.70. The molecule has 4 aromatic rings. The summed E-state index contributed by atoms with van der Waals surface area (Å²) in [5, 5.41) is 5.15. The molecule has 1 N–H and O–H groups in total. The number of carbonyl (C=O) groups is 2. The van der Waals surface area contributed by atoms with Crippen LogP contribution in [0.4, 0.5) is 11.4 Å². The number of aromatic nitrogens is 2. The number of rotatable bonds is 11. The van der Waals surface area contributed by atoms with Crippen LogP contribution in [0.25, 0.3) is 10.8 Å². The maximum atomic E-state index is 13.1. The molecule has 0 unspecified atom stereocenters. The molecule has 0 aliphatic carbocycles. The molecule has 0 saturated carbocycles. The van der Waals surface area contributed by atoms with E-state index < -0.39 is 5.41 Å². The minimum atomic E-state index is -1.14. The number of hydrogen-bond donors (Lipinski definition) is 1. The summed E-state index contributed by atoms with van der Waals surface area (Å²) in [6.45, 7) is 8.20. The molecule has 9 nitrogen and oxygen atoms in total. The largest absolute Gasteiger partial charge is 0.493 e. The molecule has 2 amide bonds. The summed E-state index contributed by atoms with van der Waals surface area (Å²) in [4.78, 5) is 46.8. The van der Waals surface area contributed by atoms with E-state index in [0.717, 1.165) is 35.0 Å². The molecule has 0 bridgehead atoms. The van der Waals surface area contributed by atoms with Gasteiger partial charge >= 0.3 is 0 Å². The van der Waals surface area contributed by atoms with Crippen molar-refractivity contribution in [1.29, 1.82) is 0 Å². The first-order valence-electron chi connectivity index (χ1n) is 14.8. The van der Waals surface area contributed by atoms with Gasteiger partial charge in [-0.15, -0.1) is 24.8 Å². The molecule has 0 radical (unpaired) electrons. The third-order valence-corrected chi connectivity index (χ3v) is 8.08. The topological polar surface area (TPSA) is 96.8 Å². The Morgan fingerprint density at radius 1 is 0.933 bits per heavy atom. The van der Waals surface area contributed by atoms with Crippen molar-refractivity contribution >= 4 is 58.8 Å². The van der Waals surface area contributed by atoms with Crippen molar-refractivity contribution in [1.82, 2.24) is 14.9 Å². The average Bonchev–Trinajstić information content (AvgIpc) is 3.07. The van der Waals surface area contributed by atoms with E-state index in [2.05, 4.69) is 16.4 Å². The summed E-state index contributed by atoms with van der Waals surface area (Å²) >= 11 is 0. The SMILES string of the molecule is CCN1C(=O)C(C)(C)C(=O)N(C)c2cc(OCCCNCc3cccnc3CCn3ccc4ccccc4c3=O)ccc21.Cl.Cl. The zero-order chi connectivity index (χ0) is 30.6. The van der Waals surface area contributed by atoms with Crippen LogP contribution >= 0.6 is 24.8 Å². The summed E-state index contributed by atoms with van der Waals surface area (Å²) < 4.78 is 7.77. The lowest BCUT2D eigenvalue weighted by molar-refractivity contribution is -0.137. The Morgan fingerprint density at radius 2 is 1.71 bits per heavy atom. The molecule has 5 rings (SSSR count). The first-order chi connectivity index (χ1) is 20.7. The lowest BCUT2D eigenvalue weighted by Crippen LogP contribution is -2.47. The van der Waals surface area contributed by atoms with Crippen LogP contribution < -0.4 is 25.4 Å². The first-order valence-corrected chi connectivity index (χ1v) is 14.8. The quantitative estimate of drug-likeness (QED) is 0.172. The second-order valence-electron chi connectivity index (χ2n) is 11.3. The second-order valence-corrected chi connectivity index (χ2v) is 11.3. The van der Waals surface area contributed by atoms with Crippen molar-refractivity contribution in [2.45, 2.75) is 46.7 Å². The van der Waals surface area contributed by atoms with Crippen LogP contribution in [0.5, 0.6) is 5.75 Å². The Balaban J connectivity index is 0.00000276. The highest BCUT2D eigenvalue weighted by atomic mass is 35.5. The minimum absolute atomic E-state index is 0. The number of ether oxygens (including phenoxy) is 1. The van der Waals surface area contributed by atoms with E-state index in [0.29, 0.717) is 49.8 Å². The Bertz CT molecular complexity index is 1710. The fourth-order valence-electron chi connectivity index (χ4n) is 5.57. The van der Waals surface area contributed by atoms with E-state index in [1.54, 1.807) is 41.5 Å². The Morgan fingerprint density at radius 3 is 2.49 bits per heavy atom. The van der Waals surface area contributed by atoms with Crippen LogP contribution in [-0.4, -0.2) is 48.1 Å². The molecule has 2 aromatic heterocycles. The van der Waals surface area contributed by atoms with Gasteiger partial charge in [0.1, 0.15) is 11.2 Å². The number of pyridine rings is 2. The summed E-state index contributed by atoms with van der Waals surface area (Å²) in [5.74, 6) is 0.208. The molecule has 0 saturated heterocycles. The number of benzene rings is 2. The van der Waals surface area contributed by atoms with E-state index in [4.69, 9.17) is 4.74 Å². The Labute approximate surface area is 276 Å². The van der Waals surface area contributed by atoms with Gasteiger partial charge in [0, 0.05) is 62.6 Å². The standard InChI is InChI=1S/C34H39N5O4.2ClH/c1-5-39-29-14-13-26(22-30(29)37(4)32(41)34(2,3)33(39)42)43-21-9-17-35-23-25-11-8-18-36-28(25)16-20-38-19-15-24-10-6-7-12-27(24)31(38)40;;/h6-8,10-15,18-19,22,35H,5,9,16-17,20-21,23H2,1-4H3;2*1H. The minimum Gasteiger partial charge on any atom is -0.493 e. The van der Waals surface area contributed by atoms with Crippen molar-refractivity contribution in [2.75, 3.05) is 36.5 Å². The number of nitrogens with zero attached hydrogens (tertiary/aromatic N) is 4. The van der Waals surface area contributed by atoms with Gasteiger partial charge < -0.3 is 24.4 Å². The number of amides is 2. The van der Waals surface area contributed by atoms with Crippen molar-refractivity contribution in [3.8, 4) is 5.75 Å². The number of aryl methyl sites for hydroxylation is 2. The van der Waals surface area contributed by atoms with E-state index in [9.17, 15) is 14.4 Å². The lowest BCUT2D eigenvalue weighted by Gasteiger charge is -2.27. The molecule has 45 heavy (non-hydrogen) atoms. The molecule has 0 spiro atoms. The van der Waals surface area contributed by atoms with Gasteiger partial charge in [-0.05, 0) is 75.0 Å². The first kappa shape index (κ1) is 35.6. The van der Waals surface area contributed by atoms with Crippen LogP contribution in [0.1, 0.15) is 38.4 Å². The zero-order valence-electron chi connectivity index (χ0n) is 26.1. The van der Waals surface area contributed by atoms with Crippen LogP contribution in [-0.2, 0) is 29.1 Å². The highest BCUT2D eigenvalue weighted by Crippen LogP contribution is 2.40. The van der Waals surface area contributed by atoms with Gasteiger partial charge in [-0.2, -0.15) is 0 Å². The second kappa shape index (κ2) is 15.4. The maximum Gasteiger partial charge on any atom is 0.258 e. The van der Waals surface area contributed by atoms with Crippen molar-refractivity contribution < 1.29 is 14.3 Å². The molecular weight excluding hydrogens is 613 g/mol. The molecule has 2 aromatic carbocycles. The average molecular weight is 655 g/mol. The number of carbonyl (C=O) groups excluding carboxylic acids is 2. The molecule has 0 fully saturated rings. The number of hydrogen-bond acceptors (Lipinski definition) is 6. The molecule has 1 aliphatic heterocycles. The molecule has 1 aliphatic rings. The van der Waals surface area contributed by atoms with E-state index in [1.807, 2.05) is 67.7 Å². The van der Waals surface area contributed by atoms with E-state index in [1.165, 1.54) is 0 Å². The van der Waals surface area contributed by atoms with E-state index in [-0.39, 0.29) is 42.2 Å². The van der Waals surface area contributed by atoms with Gasteiger partial charge in [0.15, 0.2) is 0 Å². The molecule has 3 heterocycles. The smallest absolute Gasteiger partial charge is 0.258 e. The molecular formula is C34H41Cl2N5O4. The zero-order valence-corrected chi connectivity index (χ0v) is 27.7. The van der Waals surface area contributed by atoms with Gasteiger partial charge in [-0.25, -0.2) is 0 Å². The summed E-state index contributed by atoms with van der Waals surface area (Å²) in [5.41, 5.74) is 2.32.